The van der Waals surface area contributed by atoms with E-state index in [-0.39, 0.29) is 30.6 Å². The van der Waals surface area contributed by atoms with Crippen LogP contribution in [0.15, 0.2) is 78.9 Å². The third-order valence-corrected chi connectivity index (χ3v) is 8.58. The molecule has 1 saturated carbocycles. The van der Waals surface area contributed by atoms with Gasteiger partial charge in [-0.3, -0.25) is 13.9 Å². The molecule has 0 aromatic heterocycles. The van der Waals surface area contributed by atoms with E-state index in [2.05, 4.69) is 5.32 Å². The zero-order valence-corrected chi connectivity index (χ0v) is 24.4. The summed E-state index contributed by atoms with van der Waals surface area (Å²) in [7, 11) is -4.03. The number of carbonyl (C=O) groups is 2. The van der Waals surface area contributed by atoms with E-state index in [1.54, 1.807) is 0 Å². The lowest BCUT2D eigenvalue weighted by molar-refractivity contribution is -0.140. The molecule has 1 fully saturated rings. The van der Waals surface area contributed by atoms with E-state index in [1.165, 1.54) is 23.1 Å². The average Bonchev–Trinajstić information content (AvgIpc) is 2.94. The first-order valence-electron chi connectivity index (χ1n) is 14.0. The van der Waals surface area contributed by atoms with Crippen molar-refractivity contribution in [1.29, 1.82) is 0 Å². The summed E-state index contributed by atoms with van der Waals surface area (Å²) in [6.07, 6.45) is 6.15. The minimum absolute atomic E-state index is 0.0244. The number of para-hydroxylation sites is 1. The van der Waals surface area contributed by atoms with Crippen molar-refractivity contribution < 1.29 is 22.4 Å². The summed E-state index contributed by atoms with van der Waals surface area (Å²) in [5.74, 6) is -1.63. The van der Waals surface area contributed by atoms with Crippen molar-refractivity contribution in [2.24, 2.45) is 0 Å². The highest BCUT2D eigenvalue weighted by Gasteiger charge is 2.34. The fourth-order valence-electron chi connectivity index (χ4n) is 5.35. The Morgan fingerprint density at radius 2 is 1.59 bits per heavy atom. The molecule has 3 aromatic carbocycles. The van der Waals surface area contributed by atoms with Crippen LogP contribution in [0.25, 0.3) is 0 Å². The quantitative estimate of drug-likeness (QED) is 0.347. The van der Waals surface area contributed by atoms with Crippen LogP contribution in [0.2, 0.25) is 0 Å². The molecule has 0 saturated heterocycles. The van der Waals surface area contributed by atoms with Gasteiger partial charge in [0.2, 0.25) is 21.8 Å². The third kappa shape index (κ3) is 8.39. The van der Waals surface area contributed by atoms with E-state index >= 15 is 0 Å². The number of carbonyl (C=O) groups excluding carboxylic acids is 2. The Morgan fingerprint density at radius 1 is 0.927 bits per heavy atom. The van der Waals surface area contributed by atoms with Crippen LogP contribution in [0.4, 0.5) is 10.1 Å². The highest BCUT2D eigenvalue weighted by Crippen LogP contribution is 2.24. The molecule has 7 nitrogen and oxygen atoms in total. The van der Waals surface area contributed by atoms with Gasteiger partial charge in [0.1, 0.15) is 18.4 Å². The first kappa shape index (κ1) is 30.2. The Labute approximate surface area is 242 Å². The molecule has 9 heteroatoms. The Kier molecular flexibility index (Phi) is 10.2. The molecule has 1 aliphatic rings. The molecule has 3 aromatic rings. The van der Waals surface area contributed by atoms with Crippen molar-refractivity contribution in [2.45, 2.75) is 64.1 Å². The van der Waals surface area contributed by atoms with Gasteiger partial charge in [-0.1, -0.05) is 91.6 Å². The highest BCUT2D eigenvalue weighted by molar-refractivity contribution is 7.92. The van der Waals surface area contributed by atoms with Crippen LogP contribution in [-0.2, 0) is 32.6 Å². The van der Waals surface area contributed by atoms with Crippen LogP contribution in [-0.4, -0.2) is 50.0 Å². The van der Waals surface area contributed by atoms with Crippen LogP contribution >= 0.6 is 0 Å². The largest absolute Gasteiger partial charge is 0.352 e. The van der Waals surface area contributed by atoms with Crippen molar-refractivity contribution in [3.63, 3.8) is 0 Å². The van der Waals surface area contributed by atoms with Gasteiger partial charge in [0.05, 0.1) is 11.9 Å². The molecule has 0 heterocycles. The van der Waals surface area contributed by atoms with Crippen molar-refractivity contribution >= 4 is 27.5 Å². The Balaban J connectivity index is 1.73. The number of halogens is 1. The predicted octanol–water partition coefficient (Wildman–Crippen LogP) is 4.99. The normalized spacial score (nSPS) is 14.7. The van der Waals surface area contributed by atoms with Gasteiger partial charge in [-0.15, -0.1) is 0 Å². The molecule has 218 valence electrons. The molecule has 0 unspecified atom stereocenters. The van der Waals surface area contributed by atoms with E-state index in [1.807, 2.05) is 61.5 Å². The van der Waals surface area contributed by atoms with E-state index in [4.69, 9.17) is 0 Å². The standard InChI is InChI=1S/C32H38FN3O4S/c1-24-12-11-15-26(20-24)22-35(31(37)23-36(41(2,39)40)29-19-10-9-18-28(29)33)30(21-25-13-5-3-6-14-25)32(38)34-27-16-7-4-8-17-27/h3,5-6,9-15,18-20,27,30H,4,7-8,16-17,21-23H2,1-2H3,(H,34,38)/t30-/m1/s1. The summed E-state index contributed by atoms with van der Waals surface area (Å²) >= 11 is 0. The zero-order valence-electron chi connectivity index (χ0n) is 23.6. The summed E-state index contributed by atoms with van der Waals surface area (Å²) in [4.78, 5) is 29.5. The molecule has 1 N–H and O–H groups in total. The Morgan fingerprint density at radius 3 is 2.24 bits per heavy atom. The second-order valence-electron chi connectivity index (χ2n) is 10.8. The lowest BCUT2D eigenvalue weighted by Gasteiger charge is -2.35. The summed E-state index contributed by atoms with van der Waals surface area (Å²) in [5, 5.41) is 3.17. The topological polar surface area (TPSA) is 86.8 Å². The van der Waals surface area contributed by atoms with Crippen molar-refractivity contribution in [3.05, 3.63) is 101 Å². The SMILES string of the molecule is Cc1cccc(CN(C(=O)CN(c2ccccc2F)S(C)(=O)=O)[C@H](Cc2ccccc2)C(=O)NC2CCCCC2)c1. The molecular weight excluding hydrogens is 541 g/mol. The summed E-state index contributed by atoms with van der Waals surface area (Å²) in [5.41, 5.74) is 2.45. The fraction of sp³-hybridized carbons (Fsp3) is 0.375. The van der Waals surface area contributed by atoms with Gasteiger partial charge in [0.15, 0.2) is 0 Å². The molecular formula is C32H38FN3O4S. The molecule has 1 atom stereocenters. The maximum Gasteiger partial charge on any atom is 0.244 e. The lowest BCUT2D eigenvalue weighted by Crippen LogP contribution is -2.55. The minimum atomic E-state index is -4.03. The number of benzene rings is 3. The lowest BCUT2D eigenvalue weighted by atomic mass is 9.94. The van der Waals surface area contributed by atoms with Crippen LogP contribution < -0.4 is 9.62 Å². The van der Waals surface area contributed by atoms with Crippen LogP contribution in [0, 0.1) is 12.7 Å². The molecule has 0 spiro atoms. The first-order valence-corrected chi connectivity index (χ1v) is 15.9. The Bertz CT molecular complexity index is 1440. The van der Waals surface area contributed by atoms with Crippen LogP contribution in [0.1, 0.15) is 48.8 Å². The number of rotatable bonds is 11. The molecule has 41 heavy (non-hydrogen) atoms. The number of nitrogens with one attached hydrogen (secondary N) is 1. The van der Waals surface area contributed by atoms with E-state index < -0.39 is 34.3 Å². The van der Waals surface area contributed by atoms with Gasteiger partial charge in [-0.05, 0) is 43.0 Å². The number of aryl methyl sites for hydroxylation is 1. The van der Waals surface area contributed by atoms with Crippen molar-refractivity contribution in [2.75, 3.05) is 17.1 Å². The predicted molar refractivity (Wildman–Crippen MR) is 159 cm³/mol. The van der Waals surface area contributed by atoms with Gasteiger partial charge in [0.25, 0.3) is 0 Å². The summed E-state index contributed by atoms with van der Waals surface area (Å²) in [6.45, 7) is 1.38. The molecule has 4 rings (SSSR count). The van der Waals surface area contributed by atoms with E-state index in [0.29, 0.717) is 0 Å². The number of amides is 2. The van der Waals surface area contributed by atoms with Crippen LogP contribution in [0.5, 0.6) is 0 Å². The second-order valence-corrected chi connectivity index (χ2v) is 12.7. The van der Waals surface area contributed by atoms with Crippen molar-refractivity contribution in [1.82, 2.24) is 10.2 Å². The number of sulfonamides is 1. The summed E-state index contributed by atoms with van der Waals surface area (Å²) < 4.78 is 41.1. The number of nitrogens with zero attached hydrogens (tertiary/aromatic N) is 2. The number of hydrogen-bond donors (Lipinski definition) is 1. The molecule has 0 bridgehead atoms. The van der Waals surface area contributed by atoms with Gasteiger partial charge >= 0.3 is 0 Å². The van der Waals surface area contributed by atoms with Gasteiger partial charge in [0, 0.05) is 19.0 Å². The Hall–Kier alpha value is -3.72. The van der Waals surface area contributed by atoms with Gasteiger partial charge in [-0.2, -0.15) is 0 Å². The minimum Gasteiger partial charge on any atom is -0.352 e. The summed E-state index contributed by atoms with van der Waals surface area (Å²) in [6, 6.07) is 21.6. The fourth-order valence-corrected chi connectivity index (χ4v) is 6.20. The maximum atomic E-state index is 14.8. The van der Waals surface area contributed by atoms with E-state index in [9.17, 15) is 22.4 Å². The highest BCUT2D eigenvalue weighted by atomic mass is 32.2. The molecule has 0 aliphatic heterocycles. The van der Waals surface area contributed by atoms with Gasteiger partial charge in [-0.25, -0.2) is 12.8 Å². The van der Waals surface area contributed by atoms with Crippen molar-refractivity contribution in [3.8, 4) is 0 Å². The second kappa shape index (κ2) is 13.8. The third-order valence-electron chi connectivity index (χ3n) is 7.46. The first-order chi connectivity index (χ1) is 19.6. The molecule has 1 aliphatic carbocycles. The smallest absolute Gasteiger partial charge is 0.244 e. The molecule has 2 amide bonds. The van der Waals surface area contributed by atoms with E-state index in [0.717, 1.165) is 65.4 Å². The zero-order chi connectivity index (χ0) is 29.4. The average molecular weight is 580 g/mol. The number of hydrogen-bond acceptors (Lipinski definition) is 4. The van der Waals surface area contributed by atoms with Gasteiger partial charge < -0.3 is 10.2 Å². The molecule has 0 radical (unpaired) electrons. The maximum absolute atomic E-state index is 14.8. The monoisotopic (exact) mass is 579 g/mol. The van der Waals surface area contributed by atoms with Crippen LogP contribution in [0.3, 0.4) is 0 Å². The number of anilines is 1.